The Kier molecular flexibility index (Phi) is 2.84. The number of hydrogen-bond donors (Lipinski definition) is 1. The molecule has 0 radical (unpaired) electrons. The van der Waals surface area contributed by atoms with Gasteiger partial charge in [-0.1, -0.05) is 0 Å². The normalized spacial score (nSPS) is 22.3. The highest BCUT2D eigenvalue weighted by Crippen LogP contribution is 2.15. The molecule has 1 aliphatic rings. The third kappa shape index (κ3) is 1.81. The number of nitrogens with two attached hydrogens (primary N) is 1. The van der Waals surface area contributed by atoms with Crippen LogP contribution in [-0.4, -0.2) is 40.1 Å². The standard InChI is InChI=1S/C10H18N4/c1-9-12-3-5-13(9)6-7-14-4-2-10(14)8-11/h3,5,10H,2,4,6-8,11H2,1H3. The van der Waals surface area contributed by atoms with Crippen LogP contribution in [0.4, 0.5) is 0 Å². The van der Waals surface area contributed by atoms with Gasteiger partial charge in [-0.05, 0) is 13.3 Å². The van der Waals surface area contributed by atoms with Crippen LogP contribution >= 0.6 is 0 Å². The van der Waals surface area contributed by atoms with Gasteiger partial charge in [0.2, 0.25) is 0 Å². The minimum absolute atomic E-state index is 0.624. The minimum Gasteiger partial charge on any atom is -0.334 e. The van der Waals surface area contributed by atoms with Crippen LogP contribution in [0.15, 0.2) is 12.4 Å². The lowest BCUT2D eigenvalue weighted by molar-refractivity contribution is 0.0922. The van der Waals surface area contributed by atoms with E-state index in [0.717, 1.165) is 25.5 Å². The highest BCUT2D eigenvalue weighted by molar-refractivity contribution is 4.90. The molecule has 1 saturated heterocycles. The summed E-state index contributed by atoms with van der Waals surface area (Å²) in [6.45, 7) is 6.16. The number of likely N-dealkylation sites (tertiary alicyclic amines) is 1. The second-order valence-corrected chi connectivity index (χ2v) is 3.88. The van der Waals surface area contributed by atoms with Crippen LogP contribution in [0, 0.1) is 6.92 Å². The van der Waals surface area contributed by atoms with Gasteiger partial charge in [-0.25, -0.2) is 4.98 Å². The Morgan fingerprint density at radius 2 is 2.43 bits per heavy atom. The van der Waals surface area contributed by atoms with Gasteiger partial charge >= 0.3 is 0 Å². The summed E-state index contributed by atoms with van der Waals surface area (Å²) in [7, 11) is 0. The van der Waals surface area contributed by atoms with Gasteiger partial charge in [0, 0.05) is 44.6 Å². The average molecular weight is 194 g/mol. The van der Waals surface area contributed by atoms with E-state index in [9.17, 15) is 0 Å². The molecule has 0 bridgehead atoms. The molecule has 14 heavy (non-hydrogen) atoms. The van der Waals surface area contributed by atoms with Gasteiger partial charge in [0.25, 0.3) is 0 Å². The van der Waals surface area contributed by atoms with Crippen LogP contribution in [-0.2, 0) is 6.54 Å². The van der Waals surface area contributed by atoms with E-state index >= 15 is 0 Å². The number of aryl methyl sites for hydroxylation is 1. The minimum atomic E-state index is 0.624. The summed E-state index contributed by atoms with van der Waals surface area (Å²) < 4.78 is 2.19. The fourth-order valence-electron chi connectivity index (χ4n) is 1.93. The molecule has 2 rings (SSSR count). The van der Waals surface area contributed by atoms with E-state index in [1.54, 1.807) is 0 Å². The summed E-state index contributed by atoms with van der Waals surface area (Å²) in [5.74, 6) is 1.09. The highest BCUT2D eigenvalue weighted by atomic mass is 15.2. The van der Waals surface area contributed by atoms with Crippen molar-refractivity contribution < 1.29 is 0 Å². The van der Waals surface area contributed by atoms with Gasteiger partial charge in [-0.15, -0.1) is 0 Å². The van der Waals surface area contributed by atoms with Crippen LogP contribution in [0.2, 0.25) is 0 Å². The summed E-state index contributed by atoms with van der Waals surface area (Å²) >= 11 is 0. The molecule has 0 amide bonds. The molecule has 1 unspecified atom stereocenters. The van der Waals surface area contributed by atoms with Gasteiger partial charge in [0.1, 0.15) is 5.82 Å². The predicted molar refractivity (Wildman–Crippen MR) is 56.0 cm³/mol. The second kappa shape index (κ2) is 4.11. The van der Waals surface area contributed by atoms with Crippen LogP contribution in [0.25, 0.3) is 0 Å². The van der Waals surface area contributed by atoms with Crippen molar-refractivity contribution in [3.05, 3.63) is 18.2 Å². The average Bonchev–Trinajstić information content (AvgIpc) is 2.51. The molecular formula is C10H18N4. The second-order valence-electron chi connectivity index (χ2n) is 3.88. The maximum Gasteiger partial charge on any atom is 0.105 e. The Morgan fingerprint density at radius 3 is 2.93 bits per heavy atom. The van der Waals surface area contributed by atoms with E-state index in [4.69, 9.17) is 5.73 Å². The molecule has 2 heterocycles. The first-order chi connectivity index (χ1) is 6.81. The fourth-order valence-corrected chi connectivity index (χ4v) is 1.93. The predicted octanol–water partition coefficient (Wildman–Crippen LogP) is 0.225. The Bertz CT molecular complexity index is 292. The lowest BCUT2D eigenvalue weighted by Crippen LogP contribution is -2.52. The van der Waals surface area contributed by atoms with Crippen molar-refractivity contribution >= 4 is 0 Å². The van der Waals surface area contributed by atoms with Crippen LogP contribution in [0.3, 0.4) is 0 Å². The summed E-state index contributed by atoms with van der Waals surface area (Å²) in [4.78, 5) is 6.64. The number of imidazole rings is 1. The molecule has 2 N–H and O–H groups in total. The van der Waals surface area contributed by atoms with Crippen molar-refractivity contribution in [2.45, 2.75) is 25.9 Å². The summed E-state index contributed by atoms with van der Waals surface area (Å²) in [5, 5.41) is 0. The number of aromatic nitrogens is 2. The van der Waals surface area contributed by atoms with E-state index < -0.39 is 0 Å². The lowest BCUT2D eigenvalue weighted by Gasteiger charge is -2.40. The van der Waals surface area contributed by atoms with E-state index in [2.05, 4.69) is 14.5 Å². The molecule has 1 fully saturated rings. The summed E-state index contributed by atoms with van der Waals surface area (Å²) in [6.07, 6.45) is 5.15. The van der Waals surface area contributed by atoms with Gasteiger partial charge in [0.15, 0.2) is 0 Å². The van der Waals surface area contributed by atoms with Gasteiger partial charge in [-0.2, -0.15) is 0 Å². The van der Waals surface area contributed by atoms with E-state index in [0.29, 0.717) is 6.04 Å². The van der Waals surface area contributed by atoms with Crippen molar-refractivity contribution in [3.63, 3.8) is 0 Å². The maximum atomic E-state index is 5.64. The third-order valence-corrected chi connectivity index (χ3v) is 3.09. The summed E-state index contributed by atoms with van der Waals surface area (Å²) in [5.41, 5.74) is 5.64. The Labute approximate surface area is 84.7 Å². The molecule has 4 heteroatoms. The first kappa shape index (κ1) is 9.68. The molecule has 0 aliphatic carbocycles. The highest BCUT2D eigenvalue weighted by Gasteiger charge is 2.25. The van der Waals surface area contributed by atoms with E-state index in [1.165, 1.54) is 13.0 Å². The zero-order valence-corrected chi connectivity index (χ0v) is 8.69. The fraction of sp³-hybridized carbons (Fsp3) is 0.700. The molecule has 78 valence electrons. The molecule has 0 saturated carbocycles. The molecule has 0 spiro atoms. The molecule has 4 nitrogen and oxygen atoms in total. The topological polar surface area (TPSA) is 47.1 Å². The van der Waals surface area contributed by atoms with Crippen LogP contribution in [0.1, 0.15) is 12.2 Å². The van der Waals surface area contributed by atoms with Crippen molar-refractivity contribution in [1.29, 1.82) is 0 Å². The zero-order valence-electron chi connectivity index (χ0n) is 8.69. The maximum absolute atomic E-state index is 5.64. The smallest absolute Gasteiger partial charge is 0.105 e. The number of nitrogens with zero attached hydrogens (tertiary/aromatic N) is 3. The van der Waals surface area contributed by atoms with Crippen molar-refractivity contribution in [2.24, 2.45) is 5.73 Å². The Balaban J connectivity index is 1.80. The van der Waals surface area contributed by atoms with Crippen molar-refractivity contribution in [1.82, 2.24) is 14.5 Å². The Morgan fingerprint density at radius 1 is 1.57 bits per heavy atom. The zero-order chi connectivity index (χ0) is 9.97. The number of hydrogen-bond acceptors (Lipinski definition) is 3. The summed E-state index contributed by atoms with van der Waals surface area (Å²) in [6, 6.07) is 0.624. The molecule has 0 aromatic carbocycles. The number of rotatable bonds is 4. The van der Waals surface area contributed by atoms with Gasteiger partial charge < -0.3 is 10.3 Å². The van der Waals surface area contributed by atoms with Crippen LogP contribution < -0.4 is 5.73 Å². The van der Waals surface area contributed by atoms with E-state index in [1.807, 2.05) is 19.3 Å². The van der Waals surface area contributed by atoms with Crippen molar-refractivity contribution in [2.75, 3.05) is 19.6 Å². The SMILES string of the molecule is Cc1nccn1CCN1CCC1CN. The lowest BCUT2D eigenvalue weighted by atomic mass is 10.0. The van der Waals surface area contributed by atoms with E-state index in [-0.39, 0.29) is 0 Å². The quantitative estimate of drug-likeness (QED) is 0.746. The molecule has 1 aliphatic heterocycles. The monoisotopic (exact) mass is 194 g/mol. The molecule has 1 atom stereocenters. The molecular weight excluding hydrogens is 176 g/mol. The van der Waals surface area contributed by atoms with Crippen molar-refractivity contribution in [3.8, 4) is 0 Å². The Hall–Kier alpha value is -0.870. The first-order valence-corrected chi connectivity index (χ1v) is 5.23. The van der Waals surface area contributed by atoms with Gasteiger partial charge in [-0.3, -0.25) is 4.90 Å². The molecule has 1 aromatic heterocycles. The van der Waals surface area contributed by atoms with Gasteiger partial charge in [0.05, 0.1) is 0 Å². The first-order valence-electron chi connectivity index (χ1n) is 5.23. The largest absolute Gasteiger partial charge is 0.334 e. The van der Waals surface area contributed by atoms with Crippen LogP contribution in [0.5, 0.6) is 0 Å². The molecule has 1 aromatic rings. The third-order valence-electron chi connectivity index (χ3n) is 3.09.